The first-order valence-corrected chi connectivity index (χ1v) is 10.0. The first kappa shape index (κ1) is 18.6. The van der Waals surface area contributed by atoms with Crippen molar-refractivity contribution in [3.05, 3.63) is 54.1 Å². The second-order valence-electron chi connectivity index (χ2n) is 7.13. The van der Waals surface area contributed by atoms with Crippen LogP contribution < -0.4 is 0 Å². The van der Waals surface area contributed by atoms with Gasteiger partial charge in [0, 0.05) is 25.3 Å². The second kappa shape index (κ2) is 8.48. The van der Waals surface area contributed by atoms with Gasteiger partial charge in [-0.3, -0.25) is 0 Å². The molecule has 0 fully saturated rings. The topological polar surface area (TPSA) is 52.8 Å². The third kappa shape index (κ3) is 3.90. The van der Waals surface area contributed by atoms with Gasteiger partial charge in [-0.25, -0.2) is 15.0 Å². The third-order valence-corrected chi connectivity index (χ3v) is 4.88. The molecule has 0 radical (unpaired) electrons. The summed E-state index contributed by atoms with van der Waals surface area (Å²) < 4.78 is 7.93. The monoisotopic (exact) mass is 374 g/mol. The quantitative estimate of drug-likeness (QED) is 0.400. The van der Waals surface area contributed by atoms with Crippen LogP contribution in [0.4, 0.5) is 0 Å². The molecule has 0 N–H and O–H groups in total. The summed E-state index contributed by atoms with van der Waals surface area (Å²) >= 11 is 0. The molecule has 0 atom stereocenters. The molecule has 0 amide bonds. The molecular formula is C23H26N4O. The number of ether oxygens (including phenoxy) is 1. The number of para-hydroxylation sites is 2. The molecule has 5 nitrogen and oxygen atoms in total. The molecule has 0 aliphatic heterocycles. The van der Waals surface area contributed by atoms with Gasteiger partial charge < -0.3 is 9.30 Å². The van der Waals surface area contributed by atoms with E-state index in [0.29, 0.717) is 5.65 Å². The van der Waals surface area contributed by atoms with E-state index in [1.54, 1.807) is 0 Å². The smallest absolute Gasteiger partial charge is 0.198 e. The zero-order valence-corrected chi connectivity index (χ0v) is 16.6. The molecule has 144 valence electrons. The molecule has 2 aromatic carbocycles. The van der Waals surface area contributed by atoms with Crippen LogP contribution in [0, 0.1) is 6.92 Å². The number of aromatic nitrogens is 4. The van der Waals surface area contributed by atoms with E-state index in [1.165, 1.54) is 5.56 Å². The first-order valence-electron chi connectivity index (χ1n) is 10.0. The van der Waals surface area contributed by atoms with Gasteiger partial charge in [0.2, 0.25) is 0 Å². The molecule has 4 rings (SSSR count). The van der Waals surface area contributed by atoms with Crippen LogP contribution >= 0.6 is 0 Å². The largest absolute Gasteiger partial charge is 0.381 e. The molecule has 0 unspecified atom stereocenters. The fourth-order valence-electron chi connectivity index (χ4n) is 3.31. The SMILES string of the molecule is CCCCOCCCn1c(-c2ccc(C)cc2)nc2nc3ccccc3nc21. The maximum Gasteiger partial charge on any atom is 0.198 e. The number of benzene rings is 2. The molecule has 28 heavy (non-hydrogen) atoms. The van der Waals surface area contributed by atoms with Gasteiger partial charge in [0.1, 0.15) is 5.82 Å². The molecular weight excluding hydrogens is 348 g/mol. The van der Waals surface area contributed by atoms with Crippen molar-refractivity contribution >= 4 is 22.3 Å². The van der Waals surface area contributed by atoms with Gasteiger partial charge in [-0.2, -0.15) is 0 Å². The number of rotatable bonds is 8. The lowest BCUT2D eigenvalue weighted by molar-refractivity contribution is 0.126. The average molecular weight is 374 g/mol. The zero-order chi connectivity index (χ0) is 19.3. The Morgan fingerprint density at radius 3 is 2.32 bits per heavy atom. The van der Waals surface area contributed by atoms with Gasteiger partial charge in [-0.15, -0.1) is 0 Å². The highest BCUT2D eigenvalue weighted by Gasteiger charge is 2.15. The minimum atomic E-state index is 0.696. The Kier molecular flexibility index (Phi) is 5.63. The molecule has 0 saturated carbocycles. The van der Waals surface area contributed by atoms with Crippen molar-refractivity contribution in [2.24, 2.45) is 0 Å². The molecule has 5 heteroatoms. The van der Waals surface area contributed by atoms with Crippen molar-refractivity contribution in [3.63, 3.8) is 0 Å². The first-order chi connectivity index (χ1) is 13.8. The summed E-state index contributed by atoms with van der Waals surface area (Å²) in [6.07, 6.45) is 3.19. The van der Waals surface area contributed by atoms with Crippen molar-refractivity contribution in [1.29, 1.82) is 0 Å². The van der Waals surface area contributed by atoms with Crippen molar-refractivity contribution in [2.75, 3.05) is 13.2 Å². The second-order valence-corrected chi connectivity index (χ2v) is 7.13. The molecule has 0 aliphatic rings. The fraction of sp³-hybridized carbons (Fsp3) is 0.348. The summed E-state index contributed by atoms with van der Waals surface area (Å²) in [6.45, 7) is 6.65. The van der Waals surface area contributed by atoms with Gasteiger partial charge in [0.05, 0.1) is 11.0 Å². The van der Waals surface area contributed by atoms with E-state index in [-0.39, 0.29) is 0 Å². The number of hydrogen-bond acceptors (Lipinski definition) is 4. The van der Waals surface area contributed by atoms with Crippen LogP contribution in [0.2, 0.25) is 0 Å². The lowest BCUT2D eigenvalue weighted by Gasteiger charge is -2.09. The van der Waals surface area contributed by atoms with E-state index in [0.717, 1.165) is 67.1 Å². The number of unbranched alkanes of at least 4 members (excludes halogenated alkanes) is 1. The number of hydrogen-bond donors (Lipinski definition) is 0. The van der Waals surface area contributed by atoms with Crippen LogP contribution in [0.3, 0.4) is 0 Å². The summed E-state index contributed by atoms with van der Waals surface area (Å²) in [5.74, 6) is 0.916. The summed E-state index contributed by atoms with van der Waals surface area (Å²) in [5, 5.41) is 0. The Labute approximate surface area is 165 Å². The van der Waals surface area contributed by atoms with Crippen molar-refractivity contribution in [1.82, 2.24) is 19.5 Å². The third-order valence-electron chi connectivity index (χ3n) is 4.88. The van der Waals surface area contributed by atoms with E-state index in [4.69, 9.17) is 19.7 Å². The normalized spacial score (nSPS) is 11.5. The minimum absolute atomic E-state index is 0.696. The van der Waals surface area contributed by atoms with Crippen LogP contribution in [0.15, 0.2) is 48.5 Å². The maximum atomic E-state index is 5.75. The molecule has 0 bridgehead atoms. The number of imidazole rings is 1. The van der Waals surface area contributed by atoms with Gasteiger partial charge >= 0.3 is 0 Å². The van der Waals surface area contributed by atoms with E-state index in [9.17, 15) is 0 Å². The van der Waals surface area contributed by atoms with Crippen molar-refractivity contribution < 1.29 is 4.74 Å². The Morgan fingerprint density at radius 2 is 1.57 bits per heavy atom. The van der Waals surface area contributed by atoms with Crippen molar-refractivity contribution in [2.45, 2.75) is 39.7 Å². The van der Waals surface area contributed by atoms with E-state index in [1.807, 2.05) is 24.3 Å². The predicted octanol–water partition coefficient (Wildman–Crippen LogP) is 5.16. The molecule has 4 aromatic rings. The summed E-state index contributed by atoms with van der Waals surface area (Å²) in [7, 11) is 0. The summed E-state index contributed by atoms with van der Waals surface area (Å²) in [5.41, 5.74) is 5.62. The Bertz CT molecular complexity index is 1070. The number of aryl methyl sites for hydroxylation is 2. The fourth-order valence-corrected chi connectivity index (χ4v) is 3.31. The summed E-state index contributed by atoms with van der Waals surface area (Å²) in [4.78, 5) is 14.5. The summed E-state index contributed by atoms with van der Waals surface area (Å²) in [6, 6.07) is 16.4. The Balaban J connectivity index is 1.70. The predicted molar refractivity (Wildman–Crippen MR) is 113 cm³/mol. The zero-order valence-electron chi connectivity index (χ0n) is 16.6. The van der Waals surface area contributed by atoms with Crippen LogP contribution in [-0.4, -0.2) is 32.7 Å². The van der Waals surface area contributed by atoms with Gasteiger partial charge in [-0.1, -0.05) is 55.3 Å². The lowest BCUT2D eigenvalue weighted by atomic mass is 10.1. The lowest BCUT2D eigenvalue weighted by Crippen LogP contribution is -2.06. The van der Waals surface area contributed by atoms with Crippen LogP contribution in [0.25, 0.3) is 33.7 Å². The van der Waals surface area contributed by atoms with Gasteiger partial charge in [0.25, 0.3) is 0 Å². The number of nitrogens with zero attached hydrogens (tertiary/aromatic N) is 4. The highest BCUT2D eigenvalue weighted by molar-refractivity contribution is 5.84. The van der Waals surface area contributed by atoms with Crippen LogP contribution in [0.5, 0.6) is 0 Å². The molecule has 0 aliphatic carbocycles. The van der Waals surface area contributed by atoms with Crippen LogP contribution in [0.1, 0.15) is 31.7 Å². The minimum Gasteiger partial charge on any atom is -0.381 e. The van der Waals surface area contributed by atoms with E-state index in [2.05, 4.69) is 42.7 Å². The molecule has 0 spiro atoms. The highest BCUT2D eigenvalue weighted by Crippen LogP contribution is 2.25. The van der Waals surface area contributed by atoms with E-state index < -0.39 is 0 Å². The van der Waals surface area contributed by atoms with Gasteiger partial charge in [0.15, 0.2) is 11.3 Å². The Hall–Kier alpha value is -2.79. The van der Waals surface area contributed by atoms with Crippen molar-refractivity contribution in [3.8, 4) is 11.4 Å². The molecule has 2 aromatic heterocycles. The van der Waals surface area contributed by atoms with E-state index >= 15 is 0 Å². The molecule has 0 saturated heterocycles. The van der Waals surface area contributed by atoms with Crippen LogP contribution in [-0.2, 0) is 11.3 Å². The Morgan fingerprint density at radius 1 is 0.857 bits per heavy atom. The number of fused-ring (bicyclic) bond motifs is 2. The standard InChI is InChI=1S/C23H26N4O/c1-3-4-15-28-16-7-14-27-22(18-12-10-17(2)11-13-18)26-21-23(27)25-20-9-6-5-8-19(20)24-21/h5-6,8-13H,3-4,7,14-16H2,1-2H3. The average Bonchev–Trinajstić information content (AvgIpc) is 3.07. The van der Waals surface area contributed by atoms with Gasteiger partial charge in [-0.05, 0) is 31.9 Å². The molecule has 2 heterocycles. The maximum absolute atomic E-state index is 5.75. The highest BCUT2D eigenvalue weighted by atomic mass is 16.5.